The molecule has 0 spiro atoms. The van der Waals surface area contributed by atoms with Crippen LogP contribution in [-0.4, -0.2) is 29.6 Å². The van der Waals surface area contributed by atoms with Crippen molar-refractivity contribution < 1.29 is 24.3 Å². The van der Waals surface area contributed by atoms with Gasteiger partial charge >= 0.3 is 0 Å². The SMILES string of the molecule is CCCCOc1ccc(N2C(=O)[C@H]3[C@H](ON(c4ccccc4)[C@@H]3c3ccc(O)cc3)C2=O)cc1. The van der Waals surface area contributed by atoms with E-state index in [0.717, 1.165) is 24.1 Å². The van der Waals surface area contributed by atoms with E-state index in [-0.39, 0.29) is 11.7 Å². The first kappa shape index (κ1) is 22.0. The largest absolute Gasteiger partial charge is 0.508 e. The minimum absolute atomic E-state index is 0.127. The van der Waals surface area contributed by atoms with Crippen molar-refractivity contribution in [2.45, 2.75) is 31.9 Å². The first-order valence-electron chi connectivity index (χ1n) is 11.5. The monoisotopic (exact) mass is 458 g/mol. The average Bonchev–Trinajstić information content (AvgIpc) is 3.37. The molecule has 2 saturated heterocycles. The minimum Gasteiger partial charge on any atom is -0.508 e. The second-order valence-corrected chi connectivity index (χ2v) is 8.46. The summed E-state index contributed by atoms with van der Waals surface area (Å²) < 4.78 is 5.70. The number of rotatable bonds is 7. The average molecular weight is 459 g/mol. The number of para-hydroxylation sites is 1. The van der Waals surface area contributed by atoms with Crippen LogP contribution >= 0.6 is 0 Å². The van der Waals surface area contributed by atoms with Crippen molar-refractivity contribution in [3.05, 3.63) is 84.4 Å². The maximum Gasteiger partial charge on any atom is 0.266 e. The number of phenols is 1. The lowest BCUT2D eigenvalue weighted by Gasteiger charge is -2.28. The number of anilines is 2. The number of fused-ring (bicyclic) bond motifs is 1. The van der Waals surface area contributed by atoms with Gasteiger partial charge in [-0.1, -0.05) is 43.7 Å². The third-order valence-corrected chi connectivity index (χ3v) is 6.22. The van der Waals surface area contributed by atoms with Gasteiger partial charge in [-0.3, -0.25) is 14.4 Å². The van der Waals surface area contributed by atoms with Gasteiger partial charge in [0.15, 0.2) is 6.10 Å². The molecule has 5 rings (SSSR count). The number of unbranched alkanes of at least 4 members (excludes halogenated alkanes) is 1. The summed E-state index contributed by atoms with van der Waals surface area (Å²) in [7, 11) is 0. The van der Waals surface area contributed by atoms with Gasteiger partial charge in [-0.2, -0.15) is 0 Å². The molecule has 0 aliphatic carbocycles. The summed E-state index contributed by atoms with van der Waals surface area (Å²) in [6.45, 7) is 2.72. The lowest BCUT2D eigenvalue weighted by Crippen LogP contribution is -2.37. The van der Waals surface area contributed by atoms with Gasteiger partial charge in [0.1, 0.15) is 17.4 Å². The summed E-state index contributed by atoms with van der Waals surface area (Å²) in [5.41, 5.74) is 2.01. The van der Waals surface area contributed by atoms with Gasteiger partial charge in [0, 0.05) is 0 Å². The van der Waals surface area contributed by atoms with Gasteiger partial charge in [-0.15, -0.1) is 0 Å². The van der Waals surface area contributed by atoms with Crippen LogP contribution in [0.15, 0.2) is 78.9 Å². The zero-order valence-electron chi connectivity index (χ0n) is 18.8. The molecule has 3 atom stereocenters. The third-order valence-electron chi connectivity index (χ3n) is 6.22. The van der Waals surface area contributed by atoms with E-state index in [1.165, 1.54) is 4.90 Å². The van der Waals surface area contributed by atoms with Crippen molar-refractivity contribution in [2.24, 2.45) is 5.92 Å². The maximum atomic E-state index is 13.6. The Balaban J connectivity index is 1.46. The van der Waals surface area contributed by atoms with E-state index < -0.39 is 24.0 Å². The first-order valence-corrected chi connectivity index (χ1v) is 11.5. The molecule has 2 aliphatic heterocycles. The Morgan fingerprint density at radius 2 is 1.59 bits per heavy atom. The summed E-state index contributed by atoms with van der Waals surface area (Å²) in [5.74, 6) is -0.604. The topological polar surface area (TPSA) is 79.3 Å². The molecule has 0 radical (unpaired) electrons. The number of hydrogen-bond donors (Lipinski definition) is 1. The van der Waals surface area contributed by atoms with E-state index in [4.69, 9.17) is 9.57 Å². The van der Waals surface area contributed by atoms with Crippen LogP contribution in [0.2, 0.25) is 0 Å². The number of amides is 2. The molecule has 2 heterocycles. The zero-order valence-corrected chi connectivity index (χ0v) is 18.8. The molecule has 0 saturated carbocycles. The molecule has 7 nitrogen and oxygen atoms in total. The number of aromatic hydroxyl groups is 1. The molecule has 1 N–H and O–H groups in total. The lowest BCUT2D eigenvalue weighted by atomic mass is 9.90. The fourth-order valence-corrected chi connectivity index (χ4v) is 4.50. The van der Waals surface area contributed by atoms with E-state index in [1.54, 1.807) is 53.6 Å². The van der Waals surface area contributed by atoms with Gasteiger partial charge in [0.25, 0.3) is 5.91 Å². The Bertz CT molecular complexity index is 1160. The number of hydroxylamine groups is 1. The summed E-state index contributed by atoms with van der Waals surface area (Å²) >= 11 is 0. The zero-order chi connectivity index (χ0) is 23.7. The number of carbonyl (C=O) groups is 2. The highest BCUT2D eigenvalue weighted by molar-refractivity contribution is 6.23. The molecule has 7 heteroatoms. The molecule has 174 valence electrons. The Kier molecular flexibility index (Phi) is 5.94. The van der Waals surface area contributed by atoms with Crippen molar-refractivity contribution in [1.82, 2.24) is 0 Å². The minimum atomic E-state index is -0.938. The highest BCUT2D eigenvalue weighted by Crippen LogP contribution is 2.47. The number of phenolic OH excluding ortho intramolecular Hbond substituents is 1. The lowest BCUT2D eigenvalue weighted by molar-refractivity contribution is -0.126. The van der Waals surface area contributed by atoms with Gasteiger partial charge in [-0.25, -0.2) is 9.96 Å². The Hall–Kier alpha value is -3.84. The van der Waals surface area contributed by atoms with E-state index >= 15 is 0 Å². The Morgan fingerprint density at radius 1 is 0.882 bits per heavy atom. The standard InChI is InChI=1S/C27H26N2O5/c1-2-3-17-33-22-15-11-19(12-16-22)28-26(31)23-24(18-9-13-21(30)14-10-18)29(34-25(23)27(28)32)20-7-5-4-6-8-20/h4-16,23-25,30H,2-3,17H2,1H3/t23-,24-,25+/m1/s1. The highest BCUT2D eigenvalue weighted by atomic mass is 16.7. The fraction of sp³-hybridized carbons (Fsp3) is 0.259. The number of ether oxygens (including phenoxy) is 1. The molecular weight excluding hydrogens is 432 g/mol. The number of benzene rings is 3. The molecule has 0 bridgehead atoms. The molecule has 2 fully saturated rings. The smallest absolute Gasteiger partial charge is 0.266 e. The fourth-order valence-electron chi connectivity index (χ4n) is 4.50. The number of carbonyl (C=O) groups excluding carboxylic acids is 2. The summed E-state index contributed by atoms with van der Waals surface area (Å²) in [6, 6.07) is 22.5. The molecule has 0 aromatic heterocycles. The predicted octanol–water partition coefficient (Wildman–Crippen LogP) is 4.62. The van der Waals surface area contributed by atoms with Crippen LogP contribution < -0.4 is 14.7 Å². The van der Waals surface area contributed by atoms with E-state index in [0.29, 0.717) is 18.0 Å². The van der Waals surface area contributed by atoms with Crippen LogP contribution in [0.25, 0.3) is 0 Å². The first-order chi connectivity index (χ1) is 16.6. The van der Waals surface area contributed by atoms with Gasteiger partial charge < -0.3 is 9.84 Å². The summed E-state index contributed by atoms with van der Waals surface area (Å²) in [4.78, 5) is 34.4. The quantitative estimate of drug-likeness (QED) is 0.411. The normalized spacial score (nSPS) is 21.7. The van der Waals surface area contributed by atoms with Crippen molar-refractivity contribution in [2.75, 3.05) is 16.6 Å². The van der Waals surface area contributed by atoms with Crippen LogP contribution in [0.5, 0.6) is 11.5 Å². The van der Waals surface area contributed by atoms with Crippen LogP contribution in [0.3, 0.4) is 0 Å². The van der Waals surface area contributed by atoms with Crippen LogP contribution in [0.1, 0.15) is 31.4 Å². The third kappa shape index (κ3) is 3.88. The number of imide groups is 1. The molecule has 2 amide bonds. The van der Waals surface area contributed by atoms with Gasteiger partial charge in [0.2, 0.25) is 5.91 Å². The number of nitrogens with zero attached hydrogens (tertiary/aromatic N) is 2. The van der Waals surface area contributed by atoms with Crippen molar-refractivity contribution >= 4 is 23.2 Å². The molecular formula is C27H26N2O5. The number of hydrogen-bond acceptors (Lipinski definition) is 6. The van der Waals surface area contributed by atoms with E-state index in [1.807, 2.05) is 30.3 Å². The Labute approximate surface area is 198 Å². The van der Waals surface area contributed by atoms with Crippen molar-refractivity contribution in [1.29, 1.82) is 0 Å². The second-order valence-electron chi connectivity index (χ2n) is 8.46. The maximum absolute atomic E-state index is 13.6. The van der Waals surface area contributed by atoms with E-state index in [9.17, 15) is 14.7 Å². The molecule has 2 aliphatic rings. The van der Waals surface area contributed by atoms with Crippen LogP contribution in [-0.2, 0) is 14.4 Å². The van der Waals surface area contributed by atoms with Crippen LogP contribution in [0.4, 0.5) is 11.4 Å². The molecule has 3 aromatic rings. The van der Waals surface area contributed by atoms with Crippen molar-refractivity contribution in [3.63, 3.8) is 0 Å². The summed E-state index contributed by atoms with van der Waals surface area (Å²) in [5, 5.41) is 11.4. The molecule has 34 heavy (non-hydrogen) atoms. The van der Waals surface area contributed by atoms with Crippen molar-refractivity contribution in [3.8, 4) is 11.5 Å². The van der Waals surface area contributed by atoms with E-state index in [2.05, 4.69) is 6.92 Å². The Morgan fingerprint density at radius 3 is 2.26 bits per heavy atom. The summed E-state index contributed by atoms with van der Waals surface area (Å²) in [6.07, 6.45) is 1.06. The molecule has 0 unspecified atom stereocenters. The highest BCUT2D eigenvalue weighted by Gasteiger charge is 2.60. The van der Waals surface area contributed by atoms with Crippen LogP contribution in [0, 0.1) is 5.92 Å². The van der Waals surface area contributed by atoms with Gasteiger partial charge in [0.05, 0.1) is 24.0 Å². The molecule has 3 aromatic carbocycles. The predicted molar refractivity (Wildman–Crippen MR) is 127 cm³/mol. The second kappa shape index (κ2) is 9.19. The van der Waals surface area contributed by atoms with Gasteiger partial charge in [-0.05, 0) is 60.5 Å².